The van der Waals surface area contributed by atoms with Crippen LogP contribution >= 0.6 is 0 Å². The van der Waals surface area contributed by atoms with Gasteiger partial charge in [-0.05, 0) is 123 Å². The zero-order chi connectivity index (χ0) is 44.3. The quantitative estimate of drug-likeness (QED) is 0.148. The second-order valence-electron chi connectivity index (χ2n) is 17.3. The summed E-state index contributed by atoms with van der Waals surface area (Å²) in [7, 11) is 0. The number of rotatable bonds is 8. The molecule has 314 valence electrons. The number of anilines is 3. The minimum atomic E-state index is 1.08. The van der Waals surface area contributed by atoms with Gasteiger partial charge in [0.05, 0.1) is 22.1 Å². The molecule has 0 saturated heterocycles. The summed E-state index contributed by atoms with van der Waals surface area (Å²) >= 11 is 0. The molecule has 2 heterocycles. The molecule has 0 aliphatic heterocycles. The molecule has 0 aliphatic carbocycles. The van der Waals surface area contributed by atoms with Gasteiger partial charge in [0, 0.05) is 50.0 Å². The summed E-state index contributed by atoms with van der Waals surface area (Å²) in [6.45, 7) is 0. The highest BCUT2D eigenvalue weighted by molar-refractivity contribution is 6.11. The van der Waals surface area contributed by atoms with E-state index in [1.165, 1.54) is 76.7 Å². The minimum absolute atomic E-state index is 1.08. The van der Waals surface area contributed by atoms with Crippen LogP contribution < -0.4 is 4.90 Å². The SMILES string of the molecule is c1ccc(-c2cccc3cccc(-c4ccc(N(c5ccc(-c6cccc(-n7c8ccccc8c8ccccc87)c6)cc5)c5ccc6c7ccccc7n(-c7ccccc7)c6c5)cc4)c23)cc1. The molecule has 0 atom stereocenters. The number of para-hydroxylation sites is 4. The standard InChI is InChI=1S/C64H43N3/c1-3-16-45(17-4-1)54-27-14-18-47-19-15-28-55(64(47)54)46-34-38-51(39-35-46)65(53-40-41-59-58-26-9-10-29-60(58)66(63(59)43-53)49-21-5-2-6-22-49)50-36-32-44(33-37-50)48-20-13-23-52(42-48)67-61-30-11-7-24-56(61)57-25-8-12-31-62(57)67/h1-43H. The largest absolute Gasteiger partial charge is 0.310 e. The van der Waals surface area contributed by atoms with E-state index in [0.717, 1.165) is 39.5 Å². The van der Waals surface area contributed by atoms with Crippen LogP contribution in [0.3, 0.4) is 0 Å². The third kappa shape index (κ3) is 6.51. The molecule has 0 spiro atoms. The maximum Gasteiger partial charge on any atom is 0.0561 e. The van der Waals surface area contributed by atoms with Gasteiger partial charge in [-0.3, -0.25) is 0 Å². The Labute approximate surface area is 389 Å². The van der Waals surface area contributed by atoms with Crippen molar-refractivity contribution < 1.29 is 0 Å². The van der Waals surface area contributed by atoms with E-state index >= 15 is 0 Å². The summed E-state index contributed by atoms with van der Waals surface area (Å²) in [6, 6.07) is 94.9. The Kier molecular flexibility index (Phi) is 9.17. The lowest BCUT2D eigenvalue weighted by molar-refractivity contribution is 1.18. The molecule has 11 aromatic carbocycles. The molecule has 0 N–H and O–H groups in total. The van der Waals surface area contributed by atoms with Crippen LogP contribution in [0.1, 0.15) is 0 Å². The Morgan fingerprint density at radius 3 is 1.28 bits per heavy atom. The lowest BCUT2D eigenvalue weighted by Crippen LogP contribution is -2.10. The Balaban J connectivity index is 0.945. The van der Waals surface area contributed by atoms with Gasteiger partial charge in [0.2, 0.25) is 0 Å². The third-order valence-corrected chi connectivity index (χ3v) is 13.5. The molecule has 13 rings (SSSR count). The average molecular weight is 854 g/mol. The van der Waals surface area contributed by atoms with E-state index in [1.54, 1.807) is 0 Å². The molecule has 0 saturated carbocycles. The Bertz CT molecular complexity index is 3900. The predicted octanol–water partition coefficient (Wildman–Crippen LogP) is 17.5. The van der Waals surface area contributed by atoms with Crippen molar-refractivity contribution in [1.82, 2.24) is 9.13 Å². The van der Waals surface area contributed by atoms with E-state index in [4.69, 9.17) is 0 Å². The van der Waals surface area contributed by atoms with Gasteiger partial charge < -0.3 is 14.0 Å². The molecule has 3 nitrogen and oxygen atoms in total. The van der Waals surface area contributed by atoms with Crippen molar-refractivity contribution in [2.24, 2.45) is 0 Å². The number of hydrogen-bond donors (Lipinski definition) is 0. The number of nitrogens with zero attached hydrogens (tertiary/aromatic N) is 3. The molecular weight excluding hydrogens is 811 g/mol. The van der Waals surface area contributed by atoms with E-state index in [0.29, 0.717) is 0 Å². The zero-order valence-electron chi connectivity index (χ0n) is 36.7. The van der Waals surface area contributed by atoms with Crippen molar-refractivity contribution in [1.29, 1.82) is 0 Å². The van der Waals surface area contributed by atoms with Gasteiger partial charge in [-0.1, -0.05) is 182 Å². The van der Waals surface area contributed by atoms with Crippen molar-refractivity contribution in [2.45, 2.75) is 0 Å². The van der Waals surface area contributed by atoms with Crippen molar-refractivity contribution in [2.75, 3.05) is 4.90 Å². The fraction of sp³-hybridized carbons (Fsp3) is 0. The molecule has 0 aliphatic rings. The lowest BCUT2D eigenvalue weighted by atomic mass is 9.91. The maximum atomic E-state index is 2.40. The fourth-order valence-electron chi connectivity index (χ4n) is 10.5. The predicted molar refractivity (Wildman–Crippen MR) is 284 cm³/mol. The molecule has 0 bridgehead atoms. The number of hydrogen-bond acceptors (Lipinski definition) is 1. The smallest absolute Gasteiger partial charge is 0.0561 e. The zero-order valence-corrected chi connectivity index (χ0v) is 36.7. The second-order valence-corrected chi connectivity index (χ2v) is 17.3. The first-order valence-corrected chi connectivity index (χ1v) is 23.0. The third-order valence-electron chi connectivity index (χ3n) is 13.5. The molecule has 0 radical (unpaired) electrons. The highest BCUT2D eigenvalue weighted by atomic mass is 15.1. The number of fused-ring (bicyclic) bond motifs is 7. The topological polar surface area (TPSA) is 13.1 Å². The normalized spacial score (nSPS) is 11.6. The van der Waals surface area contributed by atoms with Gasteiger partial charge >= 0.3 is 0 Å². The molecule has 3 heteroatoms. The van der Waals surface area contributed by atoms with Crippen LogP contribution in [0.5, 0.6) is 0 Å². The highest BCUT2D eigenvalue weighted by Gasteiger charge is 2.19. The summed E-state index contributed by atoms with van der Waals surface area (Å²) in [5.74, 6) is 0. The average Bonchev–Trinajstić information content (AvgIpc) is 3.92. The van der Waals surface area contributed by atoms with E-state index in [9.17, 15) is 0 Å². The highest BCUT2D eigenvalue weighted by Crippen LogP contribution is 2.43. The summed E-state index contributed by atoms with van der Waals surface area (Å²) in [5.41, 5.74) is 17.5. The van der Waals surface area contributed by atoms with Gasteiger partial charge in [-0.15, -0.1) is 0 Å². The summed E-state index contributed by atoms with van der Waals surface area (Å²) in [6.07, 6.45) is 0. The van der Waals surface area contributed by atoms with Crippen LogP contribution in [0.2, 0.25) is 0 Å². The molecular formula is C64H43N3. The molecule has 0 unspecified atom stereocenters. The van der Waals surface area contributed by atoms with Crippen LogP contribution in [-0.2, 0) is 0 Å². The molecule has 13 aromatic rings. The first kappa shape index (κ1) is 38.5. The second kappa shape index (κ2) is 16.0. The van der Waals surface area contributed by atoms with Crippen molar-refractivity contribution in [3.8, 4) is 44.8 Å². The first-order valence-electron chi connectivity index (χ1n) is 23.0. The Hall–Kier alpha value is -8.92. The minimum Gasteiger partial charge on any atom is -0.310 e. The Morgan fingerprint density at radius 1 is 0.254 bits per heavy atom. The number of benzene rings is 11. The van der Waals surface area contributed by atoms with Crippen molar-refractivity contribution >= 4 is 71.4 Å². The number of aromatic nitrogens is 2. The molecule has 0 fully saturated rings. The van der Waals surface area contributed by atoms with Crippen LogP contribution in [0, 0.1) is 0 Å². The molecule has 67 heavy (non-hydrogen) atoms. The fourth-order valence-corrected chi connectivity index (χ4v) is 10.5. The first-order chi connectivity index (χ1) is 33.2. The van der Waals surface area contributed by atoms with E-state index in [1.807, 2.05) is 0 Å². The van der Waals surface area contributed by atoms with Gasteiger partial charge in [-0.25, -0.2) is 0 Å². The van der Waals surface area contributed by atoms with Crippen molar-refractivity contribution in [3.05, 3.63) is 261 Å². The van der Waals surface area contributed by atoms with E-state index in [2.05, 4.69) is 275 Å². The van der Waals surface area contributed by atoms with Gasteiger partial charge in [0.1, 0.15) is 0 Å². The van der Waals surface area contributed by atoms with Crippen LogP contribution in [0.4, 0.5) is 17.1 Å². The van der Waals surface area contributed by atoms with Crippen molar-refractivity contribution in [3.63, 3.8) is 0 Å². The summed E-state index contributed by atoms with van der Waals surface area (Å²) < 4.78 is 4.78. The van der Waals surface area contributed by atoms with Gasteiger partial charge in [0.25, 0.3) is 0 Å². The van der Waals surface area contributed by atoms with E-state index < -0.39 is 0 Å². The Morgan fingerprint density at radius 2 is 0.687 bits per heavy atom. The van der Waals surface area contributed by atoms with E-state index in [-0.39, 0.29) is 0 Å². The monoisotopic (exact) mass is 853 g/mol. The van der Waals surface area contributed by atoms with Gasteiger partial charge in [0.15, 0.2) is 0 Å². The summed E-state index contributed by atoms with van der Waals surface area (Å²) in [4.78, 5) is 2.40. The van der Waals surface area contributed by atoms with Crippen LogP contribution in [0.15, 0.2) is 261 Å². The van der Waals surface area contributed by atoms with Gasteiger partial charge in [-0.2, -0.15) is 0 Å². The van der Waals surface area contributed by atoms with Crippen LogP contribution in [-0.4, -0.2) is 9.13 Å². The molecule has 0 amide bonds. The lowest BCUT2D eigenvalue weighted by Gasteiger charge is -2.26. The summed E-state index contributed by atoms with van der Waals surface area (Å²) in [5, 5.41) is 7.48. The van der Waals surface area contributed by atoms with Crippen LogP contribution in [0.25, 0.3) is 99.1 Å². The maximum absolute atomic E-state index is 2.40. The molecule has 2 aromatic heterocycles.